The summed E-state index contributed by atoms with van der Waals surface area (Å²) in [4.78, 5) is 41.0. The monoisotopic (exact) mass is 167 g/mol. The Hall–Kier alpha value is -2.05. The summed E-state index contributed by atoms with van der Waals surface area (Å²) in [6, 6.07) is 0. The van der Waals surface area contributed by atoms with Crippen LogP contribution < -0.4 is 16.9 Å². The molecule has 0 radical (unpaired) electrons. The van der Waals surface area contributed by atoms with Gasteiger partial charge in [0.2, 0.25) is 0 Å². The first-order chi connectivity index (χ1) is 5.66. The van der Waals surface area contributed by atoms with Gasteiger partial charge in [-0.25, -0.2) is 9.59 Å². The molecule has 0 fully saturated rings. The fourth-order valence-corrected chi connectivity index (χ4v) is 0.958. The summed E-state index contributed by atoms with van der Waals surface area (Å²) in [5, 5.41) is 0. The molecule has 0 bridgehead atoms. The number of imidazole rings is 1. The summed E-state index contributed by atoms with van der Waals surface area (Å²) in [7, 11) is 0. The zero-order valence-corrected chi connectivity index (χ0v) is 5.72. The minimum Gasteiger partial charge on any atom is -0.300 e. The van der Waals surface area contributed by atoms with Gasteiger partial charge in [-0.3, -0.25) is 24.7 Å². The Kier molecular flexibility index (Phi) is 1.09. The lowest BCUT2D eigenvalue weighted by Crippen LogP contribution is -2.21. The number of aromatic nitrogens is 4. The van der Waals surface area contributed by atoms with Crippen molar-refractivity contribution in [3.05, 3.63) is 31.3 Å². The fourth-order valence-electron chi connectivity index (χ4n) is 0.958. The molecular formula is C5H4N4O3. The van der Waals surface area contributed by atoms with Gasteiger partial charge in [0.25, 0.3) is 5.56 Å². The maximum absolute atomic E-state index is 10.9. The van der Waals surface area contributed by atoms with Gasteiger partial charge in [0.05, 0.1) is 0 Å². The van der Waals surface area contributed by atoms with Gasteiger partial charge in [-0.05, 0) is 0 Å². The Labute approximate surface area is 63.5 Å². The molecule has 0 atom stereocenters. The van der Waals surface area contributed by atoms with E-state index in [0.717, 1.165) is 0 Å². The molecule has 0 saturated carbocycles. The predicted octanol–water partition coefficient (Wildman–Crippen LogP) is -1.77. The van der Waals surface area contributed by atoms with E-state index in [4.69, 9.17) is 0 Å². The molecule has 12 heavy (non-hydrogen) atoms. The molecule has 2 heterocycles. The molecule has 0 unspecified atom stereocenters. The molecule has 2 aromatic heterocycles. The SMILES string of the molecule is O=c1[nH]c(=O)c2[nH][11c](=O)[nH]c2[nH]1. The van der Waals surface area contributed by atoms with Crippen LogP contribution in [0.15, 0.2) is 14.4 Å². The largest absolute Gasteiger partial charge is 0.327 e. The number of hydrogen-bond acceptors (Lipinski definition) is 3. The lowest BCUT2D eigenvalue weighted by Gasteiger charge is -1.83. The maximum atomic E-state index is 10.9. The maximum Gasteiger partial charge on any atom is 0.327 e. The summed E-state index contributed by atoms with van der Waals surface area (Å²) in [5.74, 6) is 0. The van der Waals surface area contributed by atoms with Crippen LogP contribution in [0.3, 0.4) is 0 Å². The lowest BCUT2D eigenvalue weighted by molar-refractivity contribution is 1.07. The van der Waals surface area contributed by atoms with Gasteiger partial charge in [-0.2, -0.15) is 0 Å². The molecule has 0 spiro atoms. The molecular weight excluding hydrogens is 163 g/mol. The third-order valence-electron chi connectivity index (χ3n) is 1.42. The van der Waals surface area contributed by atoms with Crippen LogP contribution in [0.2, 0.25) is 0 Å². The highest BCUT2D eigenvalue weighted by Gasteiger charge is 2.02. The zero-order chi connectivity index (χ0) is 8.72. The van der Waals surface area contributed by atoms with Crippen LogP contribution >= 0.6 is 0 Å². The van der Waals surface area contributed by atoms with Crippen molar-refractivity contribution in [1.29, 1.82) is 0 Å². The van der Waals surface area contributed by atoms with E-state index < -0.39 is 16.9 Å². The second-order valence-corrected chi connectivity index (χ2v) is 2.24. The Balaban J connectivity index is 3.18. The molecule has 0 aliphatic rings. The van der Waals surface area contributed by atoms with Crippen molar-refractivity contribution in [2.24, 2.45) is 0 Å². The van der Waals surface area contributed by atoms with Crippen LogP contribution in [0.1, 0.15) is 0 Å². The average molecular weight is 167 g/mol. The summed E-state index contributed by atoms with van der Waals surface area (Å²) >= 11 is 0. The van der Waals surface area contributed by atoms with Crippen molar-refractivity contribution < 1.29 is 0 Å². The van der Waals surface area contributed by atoms with E-state index in [-0.39, 0.29) is 11.2 Å². The average Bonchev–Trinajstić information content (AvgIpc) is 2.29. The van der Waals surface area contributed by atoms with Gasteiger partial charge in [0.1, 0.15) is 11.2 Å². The summed E-state index contributed by atoms with van der Waals surface area (Å²) in [5.41, 5.74) is -1.65. The minimum atomic E-state index is -0.650. The van der Waals surface area contributed by atoms with Crippen LogP contribution in [0.25, 0.3) is 11.2 Å². The molecule has 7 heteroatoms. The summed E-state index contributed by atoms with van der Waals surface area (Å²) in [6.45, 7) is 0. The van der Waals surface area contributed by atoms with Crippen LogP contribution in [0.5, 0.6) is 0 Å². The summed E-state index contributed by atoms with van der Waals surface area (Å²) < 4.78 is 0. The third-order valence-corrected chi connectivity index (χ3v) is 1.42. The second kappa shape index (κ2) is 1.97. The third kappa shape index (κ3) is 0.797. The van der Waals surface area contributed by atoms with Crippen LogP contribution in [-0.2, 0) is 0 Å². The van der Waals surface area contributed by atoms with Gasteiger partial charge in [-0.1, -0.05) is 0 Å². The van der Waals surface area contributed by atoms with E-state index in [1.54, 1.807) is 0 Å². The van der Waals surface area contributed by atoms with Gasteiger partial charge in [0.15, 0.2) is 0 Å². The molecule has 0 aromatic carbocycles. The molecule has 2 rings (SSSR count). The Morgan fingerprint density at radius 3 is 2.00 bits per heavy atom. The normalized spacial score (nSPS) is 10.7. The highest BCUT2D eigenvalue weighted by molar-refractivity contribution is 5.67. The first kappa shape index (κ1) is 6.65. The fraction of sp³-hybridized carbons (Fsp3) is 0. The van der Waals surface area contributed by atoms with E-state index in [1.165, 1.54) is 0 Å². The van der Waals surface area contributed by atoms with Gasteiger partial charge in [-0.15, -0.1) is 0 Å². The molecule has 0 aliphatic heterocycles. The predicted molar refractivity (Wildman–Crippen MR) is 40.2 cm³/mol. The smallest absolute Gasteiger partial charge is 0.300 e. The van der Waals surface area contributed by atoms with Gasteiger partial charge < -0.3 is 0 Å². The Morgan fingerprint density at radius 2 is 1.33 bits per heavy atom. The van der Waals surface area contributed by atoms with E-state index in [1.807, 2.05) is 4.98 Å². The van der Waals surface area contributed by atoms with Crippen molar-refractivity contribution in [2.75, 3.05) is 0 Å². The number of hydrogen-bond donors (Lipinski definition) is 4. The number of rotatable bonds is 0. The highest BCUT2D eigenvalue weighted by atomic mass is 16.2. The zero-order valence-electron chi connectivity index (χ0n) is 5.72. The van der Waals surface area contributed by atoms with Crippen molar-refractivity contribution in [3.8, 4) is 0 Å². The Morgan fingerprint density at radius 1 is 0.750 bits per heavy atom. The first-order valence-electron chi connectivity index (χ1n) is 3.11. The molecule has 4 N–H and O–H groups in total. The number of H-pyrrole nitrogens is 4. The highest BCUT2D eigenvalue weighted by Crippen LogP contribution is 1.88. The van der Waals surface area contributed by atoms with E-state index in [2.05, 4.69) is 15.0 Å². The molecule has 0 saturated heterocycles. The number of fused-ring (bicyclic) bond motifs is 1. The van der Waals surface area contributed by atoms with Crippen molar-refractivity contribution in [1.82, 2.24) is 19.9 Å². The molecule has 0 amide bonds. The van der Waals surface area contributed by atoms with E-state index >= 15 is 0 Å². The molecule has 2 aromatic rings. The molecule has 62 valence electrons. The minimum absolute atomic E-state index is 0.0413. The van der Waals surface area contributed by atoms with Crippen LogP contribution in [0.4, 0.5) is 0 Å². The second-order valence-electron chi connectivity index (χ2n) is 2.24. The van der Waals surface area contributed by atoms with Gasteiger partial charge in [0, 0.05) is 0 Å². The first-order valence-corrected chi connectivity index (χ1v) is 3.11. The topological polar surface area (TPSA) is 114 Å². The van der Waals surface area contributed by atoms with E-state index in [0.29, 0.717) is 0 Å². The number of nitrogens with one attached hydrogen (secondary N) is 4. The standard InChI is InChI=1S/C5H4N4O3/c10-3-1-2(7-4(11)6-1)8-5(12)9-3/h(H4,6,7,8,9,10,11,12)/i4-1. The molecule has 7 nitrogen and oxygen atoms in total. The van der Waals surface area contributed by atoms with Crippen LogP contribution in [-0.4, -0.2) is 19.9 Å². The van der Waals surface area contributed by atoms with Crippen LogP contribution in [0, 0.1) is 0 Å². The lowest BCUT2D eigenvalue weighted by atomic mass is 10.5. The van der Waals surface area contributed by atoms with E-state index in [9.17, 15) is 14.4 Å². The number of aromatic amines is 4. The van der Waals surface area contributed by atoms with Crippen molar-refractivity contribution >= 4 is 11.2 Å². The molecule has 0 aliphatic carbocycles. The summed E-state index contributed by atoms with van der Waals surface area (Å²) in [6.07, 6.45) is 0. The van der Waals surface area contributed by atoms with Crippen molar-refractivity contribution in [3.63, 3.8) is 0 Å². The quantitative estimate of drug-likeness (QED) is 0.372. The Bertz CT molecular complexity index is 583. The van der Waals surface area contributed by atoms with Gasteiger partial charge >= 0.3 is 11.4 Å². The van der Waals surface area contributed by atoms with Crippen molar-refractivity contribution in [2.45, 2.75) is 0 Å².